The molecule has 2 heteroatoms. The van der Waals surface area contributed by atoms with Crippen molar-refractivity contribution < 1.29 is 0 Å². The number of nitrogens with one attached hydrogen (secondary N) is 1. The molecule has 0 saturated carbocycles. The second-order valence-corrected chi connectivity index (χ2v) is 3.92. The number of rotatable bonds is 2. The fourth-order valence-corrected chi connectivity index (χ4v) is 1.86. The summed E-state index contributed by atoms with van der Waals surface area (Å²) in [5, 5.41) is 3.36. The van der Waals surface area contributed by atoms with Crippen LogP contribution in [0.15, 0.2) is 0 Å². The molecule has 1 unspecified atom stereocenters. The van der Waals surface area contributed by atoms with Gasteiger partial charge in [0.25, 0.3) is 0 Å². The summed E-state index contributed by atoms with van der Waals surface area (Å²) in [5.74, 6) is 0. The van der Waals surface area contributed by atoms with Gasteiger partial charge < -0.3 is 11.1 Å². The SMILES string of the molecule is CC.CCC(N)C1(C)CCNCC1. The Kier molecular flexibility index (Phi) is 6.35. The van der Waals surface area contributed by atoms with Gasteiger partial charge in [-0.05, 0) is 37.8 Å². The molecule has 0 aromatic heterocycles. The van der Waals surface area contributed by atoms with Crippen LogP contribution in [0.3, 0.4) is 0 Å². The summed E-state index contributed by atoms with van der Waals surface area (Å²) in [6.45, 7) is 10.8. The molecule has 1 fully saturated rings. The Labute approximate surface area is 83.3 Å². The summed E-state index contributed by atoms with van der Waals surface area (Å²) in [6.07, 6.45) is 3.58. The highest BCUT2D eigenvalue weighted by atomic mass is 14.9. The minimum atomic E-state index is 0.393. The first kappa shape index (κ1) is 12.9. The summed E-state index contributed by atoms with van der Waals surface area (Å²) < 4.78 is 0. The molecule has 0 spiro atoms. The van der Waals surface area contributed by atoms with Crippen LogP contribution >= 0.6 is 0 Å². The van der Waals surface area contributed by atoms with Crippen molar-refractivity contribution in [3.8, 4) is 0 Å². The van der Waals surface area contributed by atoms with Gasteiger partial charge in [-0.1, -0.05) is 27.7 Å². The molecule has 0 aromatic rings. The van der Waals surface area contributed by atoms with Gasteiger partial charge in [0.15, 0.2) is 0 Å². The topological polar surface area (TPSA) is 38.0 Å². The van der Waals surface area contributed by atoms with Crippen molar-refractivity contribution in [1.29, 1.82) is 0 Å². The van der Waals surface area contributed by atoms with Crippen LogP contribution in [0, 0.1) is 5.41 Å². The second kappa shape index (κ2) is 6.39. The van der Waals surface area contributed by atoms with E-state index in [0.717, 1.165) is 19.5 Å². The van der Waals surface area contributed by atoms with Crippen molar-refractivity contribution >= 4 is 0 Å². The van der Waals surface area contributed by atoms with Crippen molar-refractivity contribution in [3.63, 3.8) is 0 Å². The zero-order valence-corrected chi connectivity index (χ0v) is 9.69. The van der Waals surface area contributed by atoms with Gasteiger partial charge in [-0.2, -0.15) is 0 Å². The third-order valence-electron chi connectivity index (χ3n) is 3.08. The highest BCUT2D eigenvalue weighted by molar-refractivity contribution is 4.88. The van der Waals surface area contributed by atoms with E-state index in [4.69, 9.17) is 5.73 Å². The molecule has 1 rings (SSSR count). The van der Waals surface area contributed by atoms with Crippen LogP contribution in [-0.2, 0) is 0 Å². The van der Waals surface area contributed by atoms with Gasteiger partial charge in [-0.25, -0.2) is 0 Å². The summed E-state index contributed by atoms with van der Waals surface area (Å²) in [7, 11) is 0. The molecule has 0 amide bonds. The number of piperidine rings is 1. The zero-order valence-electron chi connectivity index (χ0n) is 9.69. The normalized spacial score (nSPS) is 22.8. The maximum absolute atomic E-state index is 6.05. The van der Waals surface area contributed by atoms with E-state index < -0.39 is 0 Å². The van der Waals surface area contributed by atoms with Crippen molar-refractivity contribution in [2.45, 2.75) is 53.0 Å². The van der Waals surface area contributed by atoms with Gasteiger partial charge in [-0.3, -0.25) is 0 Å². The summed E-state index contributed by atoms with van der Waals surface area (Å²) in [5.41, 5.74) is 6.46. The van der Waals surface area contributed by atoms with Crippen LogP contribution in [0.25, 0.3) is 0 Å². The minimum absolute atomic E-state index is 0.393. The molecule has 1 atom stereocenters. The molecule has 0 aliphatic carbocycles. The van der Waals surface area contributed by atoms with E-state index in [-0.39, 0.29) is 0 Å². The molecule has 13 heavy (non-hydrogen) atoms. The predicted octanol–water partition coefficient (Wildman–Crippen LogP) is 2.14. The van der Waals surface area contributed by atoms with Crippen LogP contribution in [0.2, 0.25) is 0 Å². The molecule has 1 saturated heterocycles. The van der Waals surface area contributed by atoms with E-state index in [1.807, 2.05) is 13.8 Å². The van der Waals surface area contributed by atoms with Crippen LogP contribution < -0.4 is 11.1 Å². The fourth-order valence-electron chi connectivity index (χ4n) is 1.86. The van der Waals surface area contributed by atoms with Crippen LogP contribution in [0.1, 0.15) is 47.0 Å². The molecular formula is C11H26N2. The van der Waals surface area contributed by atoms with Gasteiger partial charge in [0.1, 0.15) is 0 Å². The average Bonchev–Trinajstić information content (AvgIpc) is 2.21. The van der Waals surface area contributed by atoms with E-state index in [1.54, 1.807) is 0 Å². The molecule has 80 valence electrons. The highest BCUT2D eigenvalue weighted by Gasteiger charge is 2.31. The third-order valence-corrected chi connectivity index (χ3v) is 3.08. The Morgan fingerprint density at radius 3 is 2.15 bits per heavy atom. The molecule has 0 radical (unpaired) electrons. The van der Waals surface area contributed by atoms with Crippen LogP contribution in [0.5, 0.6) is 0 Å². The Hall–Kier alpha value is -0.0800. The number of hydrogen-bond acceptors (Lipinski definition) is 2. The van der Waals surface area contributed by atoms with E-state index in [9.17, 15) is 0 Å². The van der Waals surface area contributed by atoms with Gasteiger partial charge >= 0.3 is 0 Å². The summed E-state index contributed by atoms with van der Waals surface area (Å²) >= 11 is 0. The van der Waals surface area contributed by atoms with Crippen molar-refractivity contribution in [2.75, 3.05) is 13.1 Å². The molecular weight excluding hydrogens is 160 g/mol. The monoisotopic (exact) mass is 186 g/mol. The lowest BCUT2D eigenvalue weighted by Gasteiger charge is -2.38. The smallest absolute Gasteiger partial charge is 0.00912 e. The minimum Gasteiger partial charge on any atom is -0.327 e. The third kappa shape index (κ3) is 3.65. The number of nitrogens with two attached hydrogens (primary N) is 1. The van der Waals surface area contributed by atoms with Crippen molar-refractivity contribution in [3.05, 3.63) is 0 Å². The van der Waals surface area contributed by atoms with Gasteiger partial charge in [-0.15, -0.1) is 0 Å². The molecule has 1 heterocycles. The van der Waals surface area contributed by atoms with Gasteiger partial charge in [0, 0.05) is 6.04 Å². The molecule has 1 aliphatic rings. The summed E-state index contributed by atoms with van der Waals surface area (Å²) in [4.78, 5) is 0. The molecule has 3 N–H and O–H groups in total. The Morgan fingerprint density at radius 2 is 1.77 bits per heavy atom. The average molecular weight is 186 g/mol. The quantitative estimate of drug-likeness (QED) is 0.693. The second-order valence-electron chi connectivity index (χ2n) is 3.92. The maximum Gasteiger partial charge on any atom is 0.00912 e. The van der Waals surface area contributed by atoms with E-state index in [2.05, 4.69) is 19.2 Å². The Balaban J connectivity index is 0.000000671. The molecule has 0 bridgehead atoms. The first-order valence-electron chi connectivity index (χ1n) is 5.65. The molecule has 1 aliphatic heterocycles. The first-order valence-corrected chi connectivity index (χ1v) is 5.65. The number of hydrogen-bond donors (Lipinski definition) is 2. The van der Waals surface area contributed by atoms with E-state index >= 15 is 0 Å². The summed E-state index contributed by atoms with van der Waals surface area (Å²) in [6, 6.07) is 0.393. The van der Waals surface area contributed by atoms with Crippen molar-refractivity contribution in [2.24, 2.45) is 11.1 Å². The predicted molar refractivity (Wildman–Crippen MR) is 59.8 cm³/mol. The maximum atomic E-state index is 6.05. The fraction of sp³-hybridized carbons (Fsp3) is 1.00. The lowest BCUT2D eigenvalue weighted by atomic mass is 9.74. The Bertz CT molecular complexity index is 117. The van der Waals surface area contributed by atoms with Gasteiger partial charge in [0.2, 0.25) is 0 Å². The highest BCUT2D eigenvalue weighted by Crippen LogP contribution is 2.31. The zero-order chi connectivity index (χ0) is 10.3. The molecule has 2 nitrogen and oxygen atoms in total. The lowest BCUT2D eigenvalue weighted by Crippen LogP contribution is -2.46. The largest absolute Gasteiger partial charge is 0.327 e. The first-order chi connectivity index (χ1) is 6.19. The van der Waals surface area contributed by atoms with Gasteiger partial charge in [0.05, 0.1) is 0 Å². The van der Waals surface area contributed by atoms with Crippen LogP contribution in [0.4, 0.5) is 0 Å². The standard InChI is InChI=1S/C9H20N2.C2H6/c1-3-8(10)9(2)4-6-11-7-5-9;1-2/h8,11H,3-7,10H2,1-2H3;1-2H3. The van der Waals surface area contributed by atoms with Crippen LogP contribution in [-0.4, -0.2) is 19.1 Å². The molecule has 0 aromatic carbocycles. The Morgan fingerprint density at radius 1 is 1.31 bits per heavy atom. The van der Waals surface area contributed by atoms with Crippen molar-refractivity contribution in [1.82, 2.24) is 5.32 Å². The lowest BCUT2D eigenvalue weighted by molar-refractivity contribution is 0.177. The van der Waals surface area contributed by atoms with E-state index in [0.29, 0.717) is 11.5 Å². The van der Waals surface area contributed by atoms with E-state index in [1.165, 1.54) is 12.8 Å².